The summed E-state index contributed by atoms with van der Waals surface area (Å²) in [6.45, 7) is 3.02. The second-order valence-electron chi connectivity index (χ2n) is 5.77. The molecule has 1 heterocycles. The van der Waals surface area contributed by atoms with Crippen LogP contribution in [0.25, 0.3) is 0 Å². The molecule has 0 radical (unpaired) electrons. The van der Waals surface area contributed by atoms with Gasteiger partial charge in [0.25, 0.3) is 0 Å². The van der Waals surface area contributed by atoms with Crippen LogP contribution in [0, 0.1) is 0 Å². The molecule has 0 aliphatic heterocycles. The van der Waals surface area contributed by atoms with E-state index >= 15 is 0 Å². The van der Waals surface area contributed by atoms with Crippen molar-refractivity contribution >= 4 is 11.7 Å². The molecule has 114 valence electrons. The second-order valence-corrected chi connectivity index (χ2v) is 5.77. The summed E-state index contributed by atoms with van der Waals surface area (Å²) in [7, 11) is 0. The number of aromatic nitrogens is 2. The van der Waals surface area contributed by atoms with Crippen LogP contribution in [0.5, 0.6) is 0 Å². The molecule has 1 atom stereocenters. The van der Waals surface area contributed by atoms with E-state index in [-0.39, 0.29) is 11.7 Å². The maximum atomic E-state index is 12.3. The molecule has 1 aliphatic rings. The molecule has 3 rings (SSSR count). The molecule has 2 aromatic rings. The number of ketones is 1. The number of unbranched alkanes of at least 4 members (excludes halogenated alkanes) is 1. The molecule has 1 aromatic carbocycles. The number of anilines is 1. The van der Waals surface area contributed by atoms with Crippen molar-refractivity contribution in [2.45, 2.75) is 38.5 Å². The fourth-order valence-corrected chi connectivity index (χ4v) is 2.87. The Morgan fingerprint density at radius 2 is 2.05 bits per heavy atom. The molecule has 1 N–H and O–H groups in total. The predicted octanol–water partition coefficient (Wildman–Crippen LogP) is 3.60. The van der Waals surface area contributed by atoms with Crippen molar-refractivity contribution in [3.05, 3.63) is 53.3 Å². The standard InChI is InChI=1S/C18H21N3O/c1-2-3-9-19-18-20-12-15-16(21-18)10-14(11-17(15)22)13-7-5-4-6-8-13/h4-8,12,14H,2-3,9-11H2,1H3,(H,19,20,21)/t14-/m0/s1. The van der Waals surface area contributed by atoms with Gasteiger partial charge in [-0.25, -0.2) is 9.97 Å². The first-order valence-electron chi connectivity index (χ1n) is 7.96. The number of rotatable bonds is 5. The lowest BCUT2D eigenvalue weighted by molar-refractivity contribution is 0.0962. The number of benzene rings is 1. The summed E-state index contributed by atoms with van der Waals surface area (Å²) in [6, 6.07) is 10.2. The van der Waals surface area contributed by atoms with Gasteiger partial charge < -0.3 is 5.32 Å². The SMILES string of the molecule is CCCCNc1ncc2c(n1)C[C@H](c1ccccc1)CC2=O. The van der Waals surface area contributed by atoms with Gasteiger partial charge in [0.1, 0.15) is 0 Å². The van der Waals surface area contributed by atoms with E-state index in [1.807, 2.05) is 18.2 Å². The molecule has 22 heavy (non-hydrogen) atoms. The largest absolute Gasteiger partial charge is 0.354 e. The summed E-state index contributed by atoms with van der Waals surface area (Å²) in [5.74, 6) is 1.00. The molecule has 4 heteroatoms. The van der Waals surface area contributed by atoms with Crippen molar-refractivity contribution in [2.24, 2.45) is 0 Å². The predicted molar refractivity (Wildman–Crippen MR) is 87.3 cm³/mol. The van der Waals surface area contributed by atoms with Crippen LogP contribution >= 0.6 is 0 Å². The Labute approximate surface area is 131 Å². The highest BCUT2D eigenvalue weighted by Crippen LogP contribution is 2.31. The molecule has 4 nitrogen and oxygen atoms in total. The molecular formula is C18H21N3O. The van der Waals surface area contributed by atoms with Crippen LogP contribution in [0.2, 0.25) is 0 Å². The number of nitrogens with one attached hydrogen (secondary N) is 1. The van der Waals surface area contributed by atoms with Crippen LogP contribution in [-0.4, -0.2) is 22.3 Å². The van der Waals surface area contributed by atoms with Gasteiger partial charge in [-0.15, -0.1) is 0 Å². The minimum atomic E-state index is 0.148. The van der Waals surface area contributed by atoms with Gasteiger partial charge in [-0.2, -0.15) is 0 Å². The first kappa shape index (κ1) is 14.7. The highest BCUT2D eigenvalue weighted by molar-refractivity contribution is 5.98. The average Bonchev–Trinajstić information content (AvgIpc) is 2.55. The van der Waals surface area contributed by atoms with Crippen molar-refractivity contribution in [2.75, 3.05) is 11.9 Å². The smallest absolute Gasteiger partial charge is 0.222 e. The molecule has 0 saturated carbocycles. The molecule has 0 bridgehead atoms. The van der Waals surface area contributed by atoms with E-state index in [1.165, 1.54) is 5.56 Å². The van der Waals surface area contributed by atoms with Crippen molar-refractivity contribution in [1.82, 2.24) is 9.97 Å². The zero-order valence-corrected chi connectivity index (χ0v) is 12.9. The molecule has 0 amide bonds. The van der Waals surface area contributed by atoms with E-state index in [1.54, 1.807) is 6.20 Å². The normalized spacial score (nSPS) is 17.1. The van der Waals surface area contributed by atoms with Gasteiger partial charge >= 0.3 is 0 Å². The number of hydrogen-bond acceptors (Lipinski definition) is 4. The number of Topliss-reactive ketones (excluding diaryl/α,β-unsaturated/α-hetero) is 1. The Morgan fingerprint density at radius 3 is 2.82 bits per heavy atom. The number of carbonyl (C=O) groups is 1. The van der Waals surface area contributed by atoms with Crippen molar-refractivity contribution in [3.63, 3.8) is 0 Å². The van der Waals surface area contributed by atoms with E-state index in [4.69, 9.17) is 0 Å². The molecule has 0 fully saturated rings. The zero-order chi connectivity index (χ0) is 15.4. The van der Waals surface area contributed by atoms with Gasteiger partial charge in [0.2, 0.25) is 5.95 Å². The van der Waals surface area contributed by atoms with Crippen molar-refractivity contribution < 1.29 is 4.79 Å². The minimum Gasteiger partial charge on any atom is -0.354 e. The Morgan fingerprint density at radius 1 is 1.23 bits per heavy atom. The Kier molecular flexibility index (Phi) is 4.47. The fraction of sp³-hybridized carbons (Fsp3) is 0.389. The summed E-state index contributed by atoms with van der Waals surface area (Å²) in [4.78, 5) is 21.2. The van der Waals surface area contributed by atoms with Crippen LogP contribution in [-0.2, 0) is 6.42 Å². The number of nitrogens with zero attached hydrogens (tertiary/aromatic N) is 2. The molecule has 0 unspecified atom stereocenters. The summed E-state index contributed by atoms with van der Waals surface area (Å²) < 4.78 is 0. The Balaban J connectivity index is 1.81. The van der Waals surface area contributed by atoms with Crippen LogP contribution in [0.15, 0.2) is 36.5 Å². The Bertz CT molecular complexity index is 655. The van der Waals surface area contributed by atoms with E-state index in [0.717, 1.165) is 31.5 Å². The quantitative estimate of drug-likeness (QED) is 0.856. The van der Waals surface area contributed by atoms with Gasteiger partial charge in [-0.1, -0.05) is 43.7 Å². The van der Waals surface area contributed by atoms with Crippen LogP contribution < -0.4 is 5.32 Å². The van der Waals surface area contributed by atoms with E-state index in [2.05, 4.69) is 34.3 Å². The van der Waals surface area contributed by atoms with Crippen molar-refractivity contribution in [1.29, 1.82) is 0 Å². The Hall–Kier alpha value is -2.23. The van der Waals surface area contributed by atoms with Gasteiger partial charge in [0.05, 0.1) is 11.3 Å². The highest BCUT2D eigenvalue weighted by Gasteiger charge is 2.27. The minimum absolute atomic E-state index is 0.148. The zero-order valence-electron chi connectivity index (χ0n) is 12.9. The third-order valence-electron chi connectivity index (χ3n) is 4.12. The van der Waals surface area contributed by atoms with Crippen LogP contribution in [0.3, 0.4) is 0 Å². The second kappa shape index (κ2) is 6.69. The topological polar surface area (TPSA) is 54.9 Å². The summed E-state index contributed by atoms with van der Waals surface area (Å²) in [6.07, 6.45) is 5.25. The first-order chi connectivity index (χ1) is 10.8. The number of hydrogen-bond donors (Lipinski definition) is 1. The molecule has 1 aromatic heterocycles. The van der Waals surface area contributed by atoms with Gasteiger partial charge in [0, 0.05) is 19.2 Å². The summed E-state index contributed by atoms with van der Waals surface area (Å²) >= 11 is 0. The van der Waals surface area contributed by atoms with Gasteiger partial charge in [-0.3, -0.25) is 4.79 Å². The number of carbonyl (C=O) groups excluding carboxylic acids is 1. The van der Waals surface area contributed by atoms with E-state index < -0.39 is 0 Å². The molecule has 0 spiro atoms. The average molecular weight is 295 g/mol. The van der Waals surface area contributed by atoms with Crippen LogP contribution in [0.1, 0.15) is 53.7 Å². The lowest BCUT2D eigenvalue weighted by Gasteiger charge is -2.23. The third kappa shape index (κ3) is 3.16. The summed E-state index contributed by atoms with van der Waals surface area (Å²) in [5, 5.41) is 3.23. The molecule has 1 aliphatic carbocycles. The lowest BCUT2D eigenvalue weighted by Crippen LogP contribution is -2.21. The maximum absolute atomic E-state index is 12.3. The van der Waals surface area contributed by atoms with Gasteiger partial charge in [0.15, 0.2) is 5.78 Å². The third-order valence-corrected chi connectivity index (χ3v) is 4.12. The van der Waals surface area contributed by atoms with E-state index in [0.29, 0.717) is 17.9 Å². The van der Waals surface area contributed by atoms with E-state index in [9.17, 15) is 4.79 Å². The first-order valence-corrected chi connectivity index (χ1v) is 7.96. The summed E-state index contributed by atoms with van der Waals surface area (Å²) in [5.41, 5.74) is 2.77. The fourth-order valence-electron chi connectivity index (χ4n) is 2.87. The van der Waals surface area contributed by atoms with Crippen molar-refractivity contribution in [3.8, 4) is 0 Å². The maximum Gasteiger partial charge on any atom is 0.222 e. The highest BCUT2D eigenvalue weighted by atomic mass is 16.1. The molecular weight excluding hydrogens is 274 g/mol. The van der Waals surface area contributed by atoms with Gasteiger partial charge in [-0.05, 0) is 24.3 Å². The van der Waals surface area contributed by atoms with Crippen LogP contribution in [0.4, 0.5) is 5.95 Å². The number of fused-ring (bicyclic) bond motifs is 1. The monoisotopic (exact) mass is 295 g/mol. The molecule has 0 saturated heterocycles. The lowest BCUT2D eigenvalue weighted by atomic mass is 9.82.